The minimum absolute atomic E-state index is 0.0893. The summed E-state index contributed by atoms with van der Waals surface area (Å²) in [6.45, 7) is 1.89. The monoisotopic (exact) mass is 472 g/mol. The lowest BCUT2D eigenvalue weighted by Crippen LogP contribution is -2.16. The molecule has 4 rings (SSSR count). The number of hydrogen-bond donors (Lipinski definition) is 2. The highest BCUT2D eigenvalue weighted by molar-refractivity contribution is 7.99. The summed E-state index contributed by atoms with van der Waals surface area (Å²) in [4.78, 5) is 28.8. The second-order valence-corrected chi connectivity index (χ2v) is 8.62. The summed E-state index contributed by atoms with van der Waals surface area (Å²) in [6, 6.07) is 18.7. The van der Waals surface area contributed by atoms with Gasteiger partial charge in [0.25, 0.3) is 0 Å². The molecule has 0 spiro atoms. The third-order valence-electron chi connectivity index (χ3n) is 5.10. The van der Waals surface area contributed by atoms with Crippen LogP contribution in [0.2, 0.25) is 0 Å². The van der Waals surface area contributed by atoms with Gasteiger partial charge in [-0.1, -0.05) is 42.1 Å². The largest absolute Gasteiger partial charge is 0.326 e. The topological polar surface area (TPSA) is 102 Å². The predicted octanol–water partition coefficient (Wildman–Crippen LogP) is 4.10. The van der Waals surface area contributed by atoms with Crippen molar-refractivity contribution in [3.8, 4) is 11.4 Å². The zero-order valence-corrected chi connectivity index (χ0v) is 19.7. The van der Waals surface area contributed by atoms with E-state index in [9.17, 15) is 9.59 Å². The van der Waals surface area contributed by atoms with E-state index in [1.54, 1.807) is 24.5 Å². The Kier molecular flexibility index (Phi) is 7.34. The van der Waals surface area contributed by atoms with Gasteiger partial charge < -0.3 is 15.2 Å². The fraction of sp³-hybridized carbons (Fsp3) is 0.160. The summed E-state index contributed by atoms with van der Waals surface area (Å²) in [5.41, 5.74) is 4.10. The molecular formula is C25H24N6O2S. The third kappa shape index (κ3) is 5.87. The van der Waals surface area contributed by atoms with Gasteiger partial charge in [0, 0.05) is 36.4 Å². The van der Waals surface area contributed by atoms with Gasteiger partial charge in [0.15, 0.2) is 11.0 Å². The van der Waals surface area contributed by atoms with Crippen molar-refractivity contribution in [2.24, 2.45) is 7.05 Å². The van der Waals surface area contributed by atoms with Gasteiger partial charge in [0.1, 0.15) is 0 Å². The molecular weight excluding hydrogens is 448 g/mol. The van der Waals surface area contributed by atoms with Gasteiger partial charge in [-0.3, -0.25) is 14.6 Å². The van der Waals surface area contributed by atoms with Crippen LogP contribution in [0.15, 0.2) is 78.2 Å². The predicted molar refractivity (Wildman–Crippen MR) is 134 cm³/mol. The maximum Gasteiger partial charge on any atom is 0.234 e. The van der Waals surface area contributed by atoms with Gasteiger partial charge in [-0.15, -0.1) is 10.2 Å². The van der Waals surface area contributed by atoms with Crippen molar-refractivity contribution in [2.45, 2.75) is 18.5 Å². The van der Waals surface area contributed by atoms with Crippen LogP contribution in [0, 0.1) is 6.92 Å². The molecule has 8 nitrogen and oxygen atoms in total. The van der Waals surface area contributed by atoms with Crippen LogP contribution >= 0.6 is 11.8 Å². The van der Waals surface area contributed by atoms with Gasteiger partial charge >= 0.3 is 0 Å². The van der Waals surface area contributed by atoms with E-state index in [1.807, 2.05) is 67.1 Å². The summed E-state index contributed by atoms with van der Waals surface area (Å²) in [6.07, 6.45) is 3.71. The van der Waals surface area contributed by atoms with Crippen molar-refractivity contribution in [1.29, 1.82) is 0 Å². The van der Waals surface area contributed by atoms with Crippen LogP contribution in [0.1, 0.15) is 11.1 Å². The number of pyridine rings is 1. The highest BCUT2D eigenvalue weighted by Gasteiger charge is 2.14. The molecule has 0 saturated heterocycles. The van der Waals surface area contributed by atoms with E-state index >= 15 is 0 Å². The lowest BCUT2D eigenvalue weighted by atomic mass is 10.1. The van der Waals surface area contributed by atoms with Crippen molar-refractivity contribution in [1.82, 2.24) is 19.7 Å². The first-order valence-electron chi connectivity index (χ1n) is 10.7. The Morgan fingerprint density at radius 3 is 2.44 bits per heavy atom. The maximum atomic E-state index is 12.5. The molecule has 0 atom stereocenters. The summed E-state index contributed by atoms with van der Waals surface area (Å²) >= 11 is 1.31. The van der Waals surface area contributed by atoms with E-state index in [4.69, 9.17) is 0 Å². The molecule has 0 saturated carbocycles. The van der Waals surface area contributed by atoms with E-state index in [0.29, 0.717) is 28.8 Å². The Balaban J connectivity index is 1.31. The van der Waals surface area contributed by atoms with E-state index < -0.39 is 0 Å². The number of nitrogens with one attached hydrogen (secondary N) is 2. The first-order valence-corrected chi connectivity index (χ1v) is 11.6. The smallest absolute Gasteiger partial charge is 0.234 e. The maximum absolute atomic E-state index is 12.5. The van der Waals surface area contributed by atoms with Crippen molar-refractivity contribution >= 4 is 35.0 Å². The van der Waals surface area contributed by atoms with Crippen LogP contribution in [-0.4, -0.2) is 37.3 Å². The van der Waals surface area contributed by atoms with E-state index in [2.05, 4.69) is 25.8 Å². The number of anilines is 2. The van der Waals surface area contributed by atoms with Crippen LogP contribution in [0.25, 0.3) is 11.4 Å². The molecule has 0 aliphatic carbocycles. The van der Waals surface area contributed by atoms with E-state index in [1.165, 1.54) is 11.8 Å². The van der Waals surface area contributed by atoms with Gasteiger partial charge in [0.2, 0.25) is 11.8 Å². The summed E-state index contributed by atoms with van der Waals surface area (Å²) in [5.74, 6) is 0.666. The number of carbonyl (C=O) groups excluding carboxylic acids is 2. The molecule has 2 aromatic carbocycles. The van der Waals surface area contributed by atoms with E-state index in [0.717, 1.165) is 16.7 Å². The zero-order valence-electron chi connectivity index (χ0n) is 18.9. The van der Waals surface area contributed by atoms with Crippen molar-refractivity contribution < 1.29 is 9.59 Å². The molecule has 2 amide bonds. The van der Waals surface area contributed by atoms with Crippen LogP contribution in [0.3, 0.4) is 0 Å². The number of amides is 2. The average Bonchev–Trinajstić information content (AvgIpc) is 3.21. The number of nitrogens with zero attached hydrogens (tertiary/aromatic N) is 4. The Morgan fingerprint density at radius 1 is 0.941 bits per heavy atom. The minimum atomic E-state index is -0.151. The van der Waals surface area contributed by atoms with Crippen LogP contribution in [0.5, 0.6) is 0 Å². The van der Waals surface area contributed by atoms with Crippen molar-refractivity contribution in [2.75, 3.05) is 16.4 Å². The molecule has 4 aromatic rings. The second kappa shape index (κ2) is 10.8. The number of carbonyl (C=O) groups is 2. The van der Waals surface area contributed by atoms with Gasteiger partial charge in [-0.2, -0.15) is 0 Å². The highest BCUT2D eigenvalue weighted by atomic mass is 32.2. The second-order valence-electron chi connectivity index (χ2n) is 7.68. The molecule has 2 N–H and O–H groups in total. The molecule has 9 heteroatoms. The average molecular weight is 473 g/mol. The Morgan fingerprint density at radius 2 is 1.71 bits per heavy atom. The van der Waals surface area contributed by atoms with E-state index in [-0.39, 0.29) is 17.6 Å². The molecule has 172 valence electrons. The Labute approximate surface area is 201 Å². The molecule has 34 heavy (non-hydrogen) atoms. The first kappa shape index (κ1) is 23.2. The summed E-state index contributed by atoms with van der Waals surface area (Å²) in [5, 5.41) is 14.9. The standard InChI is InChI=1S/C25H24N6O2S/c1-17-14-20(27-22(32)15-18-6-4-3-5-7-18)8-9-21(17)28-23(33)16-34-25-30-29-24(31(25)2)19-10-12-26-13-11-19/h3-14H,15-16H2,1-2H3,(H,27,32)(H,28,33). The zero-order chi connectivity index (χ0) is 23.9. The number of benzene rings is 2. The lowest BCUT2D eigenvalue weighted by molar-refractivity contribution is -0.115. The van der Waals surface area contributed by atoms with Crippen molar-refractivity contribution in [3.05, 3.63) is 84.2 Å². The van der Waals surface area contributed by atoms with Gasteiger partial charge in [0.05, 0.1) is 12.2 Å². The van der Waals surface area contributed by atoms with Crippen LogP contribution < -0.4 is 10.6 Å². The quantitative estimate of drug-likeness (QED) is 0.375. The number of rotatable bonds is 8. The molecule has 2 aromatic heterocycles. The molecule has 0 aliphatic rings. The molecule has 0 fully saturated rings. The SMILES string of the molecule is Cc1cc(NC(=O)Cc2ccccc2)ccc1NC(=O)CSc1nnc(-c2ccncc2)n1C. The highest BCUT2D eigenvalue weighted by Crippen LogP contribution is 2.23. The number of aryl methyl sites for hydroxylation is 1. The Hall–Kier alpha value is -3.98. The molecule has 0 radical (unpaired) electrons. The van der Waals surface area contributed by atoms with Crippen LogP contribution in [0.4, 0.5) is 11.4 Å². The fourth-order valence-electron chi connectivity index (χ4n) is 3.38. The van der Waals surface area contributed by atoms with Crippen LogP contribution in [-0.2, 0) is 23.1 Å². The fourth-order valence-corrected chi connectivity index (χ4v) is 4.09. The summed E-state index contributed by atoms with van der Waals surface area (Å²) < 4.78 is 1.85. The number of thioether (sulfide) groups is 1. The first-order chi connectivity index (χ1) is 16.5. The normalized spacial score (nSPS) is 10.6. The third-order valence-corrected chi connectivity index (χ3v) is 6.12. The lowest BCUT2D eigenvalue weighted by Gasteiger charge is -2.11. The van der Waals surface area contributed by atoms with Crippen molar-refractivity contribution in [3.63, 3.8) is 0 Å². The molecule has 0 bridgehead atoms. The molecule has 0 aliphatic heterocycles. The Bertz CT molecular complexity index is 1290. The van der Waals surface area contributed by atoms with Gasteiger partial charge in [-0.05, 0) is 48.4 Å². The molecule has 0 unspecified atom stereocenters. The molecule has 2 heterocycles. The number of hydrogen-bond acceptors (Lipinski definition) is 6. The minimum Gasteiger partial charge on any atom is -0.326 e. The number of aromatic nitrogens is 4. The summed E-state index contributed by atoms with van der Waals surface area (Å²) in [7, 11) is 1.87. The van der Waals surface area contributed by atoms with Gasteiger partial charge in [-0.25, -0.2) is 0 Å².